The largest absolute Gasteiger partial charge is 0.322 e. The Labute approximate surface area is 176 Å². The van der Waals surface area contributed by atoms with E-state index in [1.807, 2.05) is 18.5 Å². The first-order chi connectivity index (χ1) is 14.5. The van der Waals surface area contributed by atoms with Gasteiger partial charge in [0.15, 0.2) is 11.3 Å². The second kappa shape index (κ2) is 5.89. The van der Waals surface area contributed by atoms with Gasteiger partial charge >= 0.3 is 0 Å². The van der Waals surface area contributed by atoms with Crippen molar-refractivity contribution < 1.29 is 4.39 Å². The molecule has 3 heterocycles. The Morgan fingerprint density at radius 3 is 2.73 bits per heavy atom. The summed E-state index contributed by atoms with van der Waals surface area (Å²) in [6, 6.07) is 10.5. The van der Waals surface area contributed by atoms with Gasteiger partial charge in [0.2, 0.25) is 0 Å². The molecule has 0 unspecified atom stereocenters. The third-order valence-corrected chi connectivity index (χ3v) is 7.24. The number of nitriles is 1. The molecule has 6 nitrogen and oxygen atoms in total. The first-order valence-corrected chi connectivity index (χ1v) is 10.2. The summed E-state index contributed by atoms with van der Waals surface area (Å²) in [7, 11) is 0. The molecule has 148 valence electrons. The monoisotopic (exact) mass is 418 g/mol. The number of aromatic nitrogens is 5. The Morgan fingerprint density at radius 1 is 1.23 bits per heavy atom. The summed E-state index contributed by atoms with van der Waals surface area (Å²) in [5, 5.41) is 14.2. The van der Waals surface area contributed by atoms with Crippen LogP contribution >= 0.6 is 11.6 Å². The molecule has 3 fully saturated rings. The van der Waals surface area contributed by atoms with Gasteiger partial charge in [-0.1, -0.05) is 18.5 Å². The number of imidazole rings is 2. The lowest BCUT2D eigenvalue weighted by atomic mass is 9.43. The van der Waals surface area contributed by atoms with Crippen LogP contribution in [-0.2, 0) is 5.54 Å². The first kappa shape index (κ1) is 17.6. The minimum Gasteiger partial charge on any atom is -0.322 e. The van der Waals surface area contributed by atoms with Crippen molar-refractivity contribution in [1.29, 1.82) is 5.26 Å². The van der Waals surface area contributed by atoms with Gasteiger partial charge in [0, 0.05) is 11.1 Å². The lowest BCUT2D eigenvalue weighted by molar-refractivity contribution is -0.161. The van der Waals surface area contributed by atoms with E-state index in [1.165, 1.54) is 12.3 Å². The van der Waals surface area contributed by atoms with E-state index in [-0.39, 0.29) is 10.6 Å². The molecule has 0 saturated heterocycles. The van der Waals surface area contributed by atoms with Crippen LogP contribution in [0.1, 0.15) is 25.5 Å². The molecular weight excluding hydrogens is 403 g/mol. The van der Waals surface area contributed by atoms with Crippen molar-refractivity contribution >= 4 is 17.2 Å². The number of benzene rings is 1. The summed E-state index contributed by atoms with van der Waals surface area (Å²) in [5.41, 5.74) is 3.96. The van der Waals surface area contributed by atoms with Crippen molar-refractivity contribution in [2.24, 2.45) is 11.8 Å². The van der Waals surface area contributed by atoms with Crippen molar-refractivity contribution in [3.05, 3.63) is 59.4 Å². The maximum atomic E-state index is 13.8. The highest BCUT2D eigenvalue weighted by Crippen LogP contribution is 2.67. The van der Waals surface area contributed by atoms with Crippen molar-refractivity contribution in [2.75, 3.05) is 0 Å². The van der Waals surface area contributed by atoms with E-state index >= 15 is 0 Å². The lowest BCUT2D eigenvalue weighted by Gasteiger charge is -2.68. The van der Waals surface area contributed by atoms with Crippen LogP contribution in [0.25, 0.3) is 28.3 Å². The van der Waals surface area contributed by atoms with E-state index in [9.17, 15) is 9.65 Å². The Morgan fingerprint density at radius 2 is 2.07 bits per heavy atom. The van der Waals surface area contributed by atoms with Gasteiger partial charge in [-0.3, -0.25) is 0 Å². The van der Waals surface area contributed by atoms with Crippen molar-refractivity contribution in [3.63, 3.8) is 0 Å². The maximum Gasteiger partial charge on any atom is 0.162 e. The summed E-state index contributed by atoms with van der Waals surface area (Å²) in [6.07, 6.45) is 5.61. The molecule has 0 amide bonds. The Kier molecular flexibility index (Phi) is 3.46. The van der Waals surface area contributed by atoms with Gasteiger partial charge < -0.3 is 4.57 Å². The van der Waals surface area contributed by atoms with Crippen LogP contribution in [0.3, 0.4) is 0 Å². The Balaban J connectivity index is 1.60. The highest BCUT2D eigenvalue weighted by molar-refractivity contribution is 6.31. The van der Waals surface area contributed by atoms with Crippen LogP contribution < -0.4 is 0 Å². The Bertz CT molecular complexity index is 1370. The van der Waals surface area contributed by atoms with Crippen LogP contribution in [0.5, 0.6) is 0 Å². The molecule has 3 aliphatic rings. The molecule has 3 aliphatic carbocycles. The summed E-state index contributed by atoms with van der Waals surface area (Å²) in [5.74, 6) is 0.867. The summed E-state index contributed by atoms with van der Waals surface area (Å²) in [6.45, 7) is 2.27. The molecule has 1 atom stereocenters. The van der Waals surface area contributed by atoms with Crippen molar-refractivity contribution in [1.82, 2.24) is 24.1 Å². The molecule has 8 heteroatoms. The predicted molar refractivity (Wildman–Crippen MR) is 109 cm³/mol. The molecule has 3 saturated carbocycles. The minimum atomic E-state index is -0.467. The fraction of sp³-hybridized carbons (Fsp3) is 0.273. The normalized spacial score (nSPS) is 24.3. The van der Waals surface area contributed by atoms with Crippen LogP contribution in [-0.4, -0.2) is 24.1 Å². The topological polar surface area (TPSA) is 71.8 Å². The third-order valence-electron chi connectivity index (χ3n) is 6.95. The molecule has 0 aliphatic heterocycles. The summed E-state index contributed by atoms with van der Waals surface area (Å²) < 4.78 is 17.5. The molecule has 0 N–H and O–H groups in total. The second-order valence-corrected chi connectivity index (χ2v) is 8.65. The number of halogens is 2. The minimum absolute atomic E-state index is 0.0404. The zero-order valence-corrected chi connectivity index (χ0v) is 16.8. The average Bonchev–Trinajstić information content (AvgIpc) is 3.32. The molecule has 1 aromatic carbocycles. The SMILES string of the molecule is C[C@H]1C2CC1(n1cnc(-c3ccc(F)c(Cl)c3)c1-c1ccc3ncc(C#N)n3n1)C2. The molecule has 0 spiro atoms. The fourth-order valence-corrected chi connectivity index (χ4v) is 5.15. The zero-order chi connectivity index (χ0) is 20.6. The fourth-order valence-electron chi connectivity index (χ4n) is 4.97. The lowest BCUT2D eigenvalue weighted by Crippen LogP contribution is -2.66. The highest BCUT2D eigenvalue weighted by Gasteiger charge is 2.64. The van der Waals surface area contributed by atoms with Gasteiger partial charge in [-0.05, 0) is 55.0 Å². The highest BCUT2D eigenvalue weighted by atomic mass is 35.5. The number of hydrogen-bond acceptors (Lipinski definition) is 4. The van der Waals surface area contributed by atoms with E-state index in [1.54, 1.807) is 16.6 Å². The first-order valence-electron chi connectivity index (χ1n) is 9.80. The second-order valence-electron chi connectivity index (χ2n) is 8.25. The summed E-state index contributed by atoms with van der Waals surface area (Å²) in [4.78, 5) is 8.93. The number of rotatable bonds is 3. The van der Waals surface area contributed by atoms with E-state index in [4.69, 9.17) is 21.7 Å². The van der Waals surface area contributed by atoms with Crippen LogP contribution in [0.2, 0.25) is 5.02 Å². The zero-order valence-electron chi connectivity index (χ0n) is 16.0. The summed E-state index contributed by atoms with van der Waals surface area (Å²) >= 11 is 6.06. The molecule has 0 radical (unpaired) electrons. The number of hydrogen-bond donors (Lipinski definition) is 0. The molecule has 3 aromatic heterocycles. The van der Waals surface area contributed by atoms with E-state index in [0.29, 0.717) is 28.6 Å². The number of nitrogens with zero attached hydrogens (tertiary/aromatic N) is 6. The van der Waals surface area contributed by atoms with Gasteiger partial charge in [-0.2, -0.15) is 10.4 Å². The quantitative estimate of drug-likeness (QED) is 0.484. The van der Waals surface area contributed by atoms with Gasteiger partial charge in [0.05, 0.1) is 28.9 Å². The van der Waals surface area contributed by atoms with Crippen molar-refractivity contribution in [3.8, 4) is 28.7 Å². The van der Waals surface area contributed by atoms with Crippen LogP contribution in [0.15, 0.2) is 42.9 Å². The van der Waals surface area contributed by atoms with E-state index in [0.717, 1.165) is 30.0 Å². The third kappa shape index (κ3) is 2.14. The Hall–Kier alpha value is -3.24. The van der Waals surface area contributed by atoms with Crippen molar-refractivity contribution in [2.45, 2.75) is 25.3 Å². The van der Waals surface area contributed by atoms with Gasteiger partial charge in [-0.15, -0.1) is 0 Å². The number of fused-ring (bicyclic) bond motifs is 1. The van der Waals surface area contributed by atoms with Crippen LogP contribution in [0, 0.1) is 29.0 Å². The average molecular weight is 419 g/mol. The maximum absolute atomic E-state index is 13.8. The van der Waals surface area contributed by atoms with Gasteiger partial charge in [0.25, 0.3) is 0 Å². The molecular formula is C22H16ClFN6. The van der Waals surface area contributed by atoms with Gasteiger partial charge in [0.1, 0.15) is 17.6 Å². The standard InChI is InChI=1S/C22H16ClFN6/c1-12-14-7-22(12,8-14)29-11-27-20(13-2-3-17(24)16(23)6-13)21(29)18-4-5-19-26-10-15(9-25)30(19)28-18/h2-6,10-12,14H,7-8H2,1H3/t12-,14?,22?/m0/s1. The predicted octanol–water partition coefficient (Wildman–Crippen LogP) is 4.68. The molecule has 2 bridgehead atoms. The van der Waals surface area contributed by atoms with Crippen LogP contribution in [0.4, 0.5) is 4.39 Å². The van der Waals surface area contributed by atoms with E-state index < -0.39 is 5.82 Å². The molecule has 7 rings (SSSR count). The molecule has 4 aromatic rings. The smallest absolute Gasteiger partial charge is 0.162 e. The van der Waals surface area contributed by atoms with Gasteiger partial charge in [-0.25, -0.2) is 18.9 Å². The van der Waals surface area contributed by atoms with E-state index in [2.05, 4.69) is 22.5 Å². The molecule has 30 heavy (non-hydrogen) atoms.